The minimum Gasteiger partial charge on any atom is -0.394 e. The van der Waals surface area contributed by atoms with Crippen molar-refractivity contribution in [2.24, 2.45) is 5.73 Å². The van der Waals surface area contributed by atoms with Crippen LogP contribution in [0.25, 0.3) is 11.0 Å². The van der Waals surface area contributed by atoms with E-state index < -0.39 is 30.9 Å². The number of ether oxygens (including phenoxy) is 1. The molecule has 1 amide bonds. The van der Waals surface area contributed by atoms with E-state index in [1.165, 1.54) is 13.3 Å². The quantitative estimate of drug-likeness (QED) is 0.417. The highest BCUT2D eigenvalue weighted by Gasteiger charge is 2.30. The number of amides is 1. The van der Waals surface area contributed by atoms with E-state index in [1.54, 1.807) is 6.92 Å². The molecule has 0 spiro atoms. The summed E-state index contributed by atoms with van der Waals surface area (Å²) in [6.45, 7) is 1.08. The van der Waals surface area contributed by atoms with Gasteiger partial charge in [0.25, 0.3) is 5.91 Å². The van der Waals surface area contributed by atoms with Crippen molar-refractivity contribution >= 4 is 22.8 Å². The number of hydrogen-bond acceptors (Lipinski definition) is 8. The van der Waals surface area contributed by atoms with E-state index in [4.69, 9.17) is 21.3 Å². The van der Waals surface area contributed by atoms with Gasteiger partial charge in [-0.1, -0.05) is 0 Å². The number of carbonyl (C=O) groups is 1. The predicted molar refractivity (Wildman–Crippen MR) is 80.3 cm³/mol. The highest BCUT2D eigenvalue weighted by molar-refractivity contribution is 6.08. The Morgan fingerprint density at radius 3 is 2.61 bits per heavy atom. The second-order valence-electron chi connectivity index (χ2n) is 5.03. The third-order valence-electron chi connectivity index (χ3n) is 3.53. The van der Waals surface area contributed by atoms with Crippen LogP contribution in [0.3, 0.4) is 0 Å². The van der Waals surface area contributed by atoms with Crippen LogP contribution in [0.1, 0.15) is 22.4 Å². The summed E-state index contributed by atoms with van der Waals surface area (Å²) in [6.07, 6.45) is -2.82. The van der Waals surface area contributed by atoms with Gasteiger partial charge in [-0.05, 0) is 6.92 Å². The van der Waals surface area contributed by atoms with Crippen LogP contribution in [0.15, 0.2) is 6.20 Å². The summed E-state index contributed by atoms with van der Waals surface area (Å²) in [5.74, 6) is -0.426. The van der Waals surface area contributed by atoms with Crippen molar-refractivity contribution in [2.45, 2.75) is 25.4 Å². The minimum atomic E-state index is -1.54. The van der Waals surface area contributed by atoms with E-state index in [0.717, 1.165) is 4.57 Å². The fraction of sp³-hybridized carbons (Fsp3) is 0.462. The number of methoxy groups -OCH3 is 1. The van der Waals surface area contributed by atoms with Crippen molar-refractivity contribution < 1.29 is 24.9 Å². The monoisotopic (exact) mass is 325 g/mol. The summed E-state index contributed by atoms with van der Waals surface area (Å²) in [5.41, 5.74) is 11.3. The number of hydrogen-bond donors (Lipinski definition) is 5. The van der Waals surface area contributed by atoms with Crippen LogP contribution in [0.5, 0.6) is 0 Å². The van der Waals surface area contributed by atoms with Gasteiger partial charge in [-0.3, -0.25) is 4.79 Å². The van der Waals surface area contributed by atoms with E-state index in [-0.39, 0.29) is 22.4 Å². The van der Waals surface area contributed by atoms with E-state index in [9.17, 15) is 15.0 Å². The molecule has 2 aromatic heterocycles. The van der Waals surface area contributed by atoms with Gasteiger partial charge in [0.15, 0.2) is 6.23 Å². The molecule has 0 aromatic carbocycles. The average Bonchev–Trinajstić information content (AvgIpc) is 2.87. The van der Waals surface area contributed by atoms with Crippen LogP contribution in [0.2, 0.25) is 0 Å². The second kappa shape index (κ2) is 6.46. The molecule has 0 aliphatic heterocycles. The highest BCUT2D eigenvalue weighted by Crippen LogP contribution is 2.28. The molecular formula is C13H19N5O5. The normalized spacial score (nSPS) is 15.5. The summed E-state index contributed by atoms with van der Waals surface area (Å²) < 4.78 is 6.04. The first-order valence-electron chi connectivity index (χ1n) is 6.76. The van der Waals surface area contributed by atoms with Crippen LogP contribution in [-0.4, -0.2) is 61.7 Å². The molecule has 0 aliphatic carbocycles. The molecule has 0 saturated carbocycles. The first kappa shape index (κ1) is 17.1. The number of anilines is 1. The standard InChI is InChI=1S/C13H19N5O5/c1-5-16-10(14)8-6(11(15)21)3-18(12(8)17-5)13(22)9(20)7(4-19)23-2/h3,7,9,13,19-20,22H,4H2,1-2H3,(H2,15,21)(H2,14,16,17)/t7-,9-,13-/m1/s1. The number of aliphatic hydroxyl groups is 3. The third-order valence-corrected chi connectivity index (χ3v) is 3.53. The summed E-state index contributed by atoms with van der Waals surface area (Å²) in [6, 6.07) is 0. The van der Waals surface area contributed by atoms with Gasteiger partial charge in [-0.25, -0.2) is 9.97 Å². The summed E-state index contributed by atoms with van der Waals surface area (Å²) >= 11 is 0. The molecule has 3 atom stereocenters. The molecule has 10 heteroatoms. The Labute approximate surface area is 131 Å². The molecule has 126 valence electrons. The largest absolute Gasteiger partial charge is 0.394 e. The van der Waals surface area contributed by atoms with E-state index >= 15 is 0 Å². The second-order valence-corrected chi connectivity index (χ2v) is 5.03. The Morgan fingerprint density at radius 1 is 1.43 bits per heavy atom. The van der Waals surface area contributed by atoms with Crippen molar-refractivity contribution in [1.82, 2.24) is 14.5 Å². The van der Waals surface area contributed by atoms with Gasteiger partial charge >= 0.3 is 0 Å². The number of nitrogen functional groups attached to an aromatic ring is 1. The molecule has 0 radical (unpaired) electrons. The van der Waals surface area contributed by atoms with Crippen molar-refractivity contribution in [3.8, 4) is 0 Å². The fourth-order valence-corrected chi connectivity index (χ4v) is 2.36. The maximum atomic E-state index is 11.6. The highest BCUT2D eigenvalue weighted by atomic mass is 16.5. The van der Waals surface area contributed by atoms with Crippen LogP contribution in [0, 0.1) is 6.92 Å². The molecule has 2 rings (SSSR count). The van der Waals surface area contributed by atoms with Gasteiger partial charge in [-0.2, -0.15) is 0 Å². The molecule has 0 aliphatic rings. The maximum absolute atomic E-state index is 11.6. The Kier molecular flexibility index (Phi) is 4.80. The molecule has 0 saturated heterocycles. The van der Waals surface area contributed by atoms with E-state index in [1.807, 2.05) is 0 Å². The number of aryl methyl sites for hydroxylation is 1. The molecule has 0 unspecified atom stereocenters. The molecule has 2 aromatic rings. The Balaban J connectivity index is 2.63. The van der Waals surface area contributed by atoms with Gasteiger partial charge in [0.05, 0.1) is 17.6 Å². The van der Waals surface area contributed by atoms with E-state index in [0.29, 0.717) is 5.82 Å². The van der Waals surface area contributed by atoms with Crippen LogP contribution < -0.4 is 11.5 Å². The number of primary amides is 1. The number of aliphatic hydroxyl groups excluding tert-OH is 3. The zero-order chi connectivity index (χ0) is 17.3. The number of fused-ring (bicyclic) bond motifs is 1. The lowest BCUT2D eigenvalue weighted by atomic mass is 10.2. The van der Waals surface area contributed by atoms with Gasteiger partial charge in [0.1, 0.15) is 29.5 Å². The van der Waals surface area contributed by atoms with Crippen LogP contribution >= 0.6 is 0 Å². The zero-order valence-electron chi connectivity index (χ0n) is 12.7. The number of nitrogens with zero attached hydrogens (tertiary/aromatic N) is 3. The lowest BCUT2D eigenvalue weighted by molar-refractivity contribution is -0.115. The smallest absolute Gasteiger partial charge is 0.251 e. The molecular weight excluding hydrogens is 306 g/mol. The Morgan fingerprint density at radius 2 is 2.09 bits per heavy atom. The first-order valence-corrected chi connectivity index (χ1v) is 6.76. The van der Waals surface area contributed by atoms with Crippen molar-refractivity contribution in [3.63, 3.8) is 0 Å². The SMILES string of the molecule is CO[C@H](CO)[C@@H](O)[C@@H](O)n1cc(C(N)=O)c2c(N)nc(C)nc21. The summed E-state index contributed by atoms with van der Waals surface area (Å²) in [5, 5.41) is 29.8. The molecule has 10 nitrogen and oxygen atoms in total. The average molecular weight is 325 g/mol. The lowest BCUT2D eigenvalue weighted by Crippen LogP contribution is -2.38. The molecule has 0 bridgehead atoms. The fourth-order valence-electron chi connectivity index (χ4n) is 2.36. The Hall–Kier alpha value is -2.27. The first-order chi connectivity index (χ1) is 10.8. The van der Waals surface area contributed by atoms with Crippen molar-refractivity contribution in [3.05, 3.63) is 17.6 Å². The number of carbonyl (C=O) groups excluding carboxylic acids is 1. The minimum absolute atomic E-state index is 0.0155. The lowest BCUT2D eigenvalue weighted by Gasteiger charge is -2.25. The number of rotatable bonds is 6. The predicted octanol–water partition coefficient (Wildman–Crippen LogP) is -1.72. The molecule has 7 N–H and O–H groups in total. The van der Waals surface area contributed by atoms with E-state index in [2.05, 4.69) is 9.97 Å². The van der Waals surface area contributed by atoms with Gasteiger partial charge in [0.2, 0.25) is 0 Å². The van der Waals surface area contributed by atoms with Gasteiger partial charge < -0.3 is 36.1 Å². The number of aromatic nitrogens is 3. The van der Waals surface area contributed by atoms with Gasteiger partial charge in [0, 0.05) is 13.3 Å². The third kappa shape index (κ3) is 2.97. The van der Waals surface area contributed by atoms with Gasteiger partial charge in [-0.15, -0.1) is 0 Å². The number of nitrogens with two attached hydrogens (primary N) is 2. The molecule has 2 heterocycles. The summed E-state index contributed by atoms with van der Waals surface area (Å²) in [7, 11) is 1.28. The molecule has 23 heavy (non-hydrogen) atoms. The molecule has 0 fully saturated rings. The summed E-state index contributed by atoms with van der Waals surface area (Å²) in [4.78, 5) is 19.7. The van der Waals surface area contributed by atoms with Crippen LogP contribution in [0.4, 0.5) is 5.82 Å². The van der Waals surface area contributed by atoms with Crippen molar-refractivity contribution in [2.75, 3.05) is 19.5 Å². The van der Waals surface area contributed by atoms with Crippen molar-refractivity contribution in [1.29, 1.82) is 0 Å². The Bertz CT molecular complexity index is 727. The zero-order valence-corrected chi connectivity index (χ0v) is 12.7. The maximum Gasteiger partial charge on any atom is 0.251 e. The topological polar surface area (TPSA) is 170 Å². The van der Waals surface area contributed by atoms with Crippen LogP contribution in [-0.2, 0) is 4.74 Å².